The standard InChI is InChI=1S/C14H17N3O3/c15-12-2-1-3-13(12)16-14(18)9-6-10-4-7-11(8-5-10)17(19)20/h4-9,12-13H,1-3,15H2,(H,16,18). The van der Waals surface area contributed by atoms with Crippen LogP contribution in [0.25, 0.3) is 6.08 Å². The second-order valence-electron chi connectivity index (χ2n) is 4.89. The molecule has 106 valence electrons. The fraction of sp³-hybridized carbons (Fsp3) is 0.357. The van der Waals surface area contributed by atoms with Crippen LogP contribution in [0.5, 0.6) is 0 Å². The van der Waals surface area contributed by atoms with Crippen LogP contribution in [-0.4, -0.2) is 22.9 Å². The maximum absolute atomic E-state index is 11.7. The van der Waals surface area contributed by atoms with Crippen LogP contribution < -0.4 is 11.1 Å². The number of non-ortho nitro benzene ring substituents is 1. The lowest BCUT2D eigenvalue weighted by atomic mass is 10.1. The molecule has 0 aromatic heterocycles. The molecule has 0 saturated heterocycles. The molecule has 0 radical (unpaired) electrons. The van der Waals surface area contributed by atoms with Gasteiger partial charge in [-0.25, -0.2) is 0 Å². The van der Waals surface area contributed by atoms with Crippen molar-refractivity contribution in [3.63, 3.8) is 0 Å². The first kappa shape index (κ1) is 14.2. The number of nitrogens with two attached hydrogens (primary N) is 1. The van der Waals surface area contributed by atoms with E-state index in [1.807, 2.05) is 0 Å². The second kappa shape index (κ2) is 6.29. The normalized spacial score (nSPS) is 22.1. The molecule has 6 nitrogen and oxygen atoms in total. The summed E-state index contributed by atoms with van der Waals surface area (Å²) in [5.74, 6) is -0.189. The quantitative estimate of drug-likeness (QED) is 0.495. The van der Waals surface area contributed by atoms with Crippen LogP contribution in [0, 0.1) is 10.1 Å². The van der Waals surface area contributed by atoms with E-state index >= 15 is 0 Å². The summed E-state index contributed by atoms with van der Waals surface area (Å²) in [5.41, 5.74) is 6.65. The van der Waals surface area contributed by atoms with Crippen molar-refractivity contribution in [1.82, 2.24) is 5.32 Å². The van der Waals surface area contributed by atoms with Crippen LogP contribution in [0.4, 0.5) is 5.69 Å². The lowest BCUT2D eigenvalue weighted by Crippen LogP contribution is -2.43. The van der Waals surface area contributed by atoms with Gasteiger partial charge in [-0.05, 0) is 43.0 Å². The van der Waals surface area contributed by atoms with Crippen LogP contribution in [0.1, 0.15) is 24.8 Å². The van der Waals surface area contributed by atoms with Crippen molar-refractivity contribution in [3.05, 3.63) is 46.0 Å². The molecule has 2 atom stereocenters. The fourth-order valence-electron chi connectivity index (χ4n) is 2.28. The molecule has 1 amide bonds. The second-order valence-corrected chi connectivity index (χ2v) is 4.89. The maximum Gasteiger partial charge on any atom is 0.269 e. The smallest absolute Gasteiger partial charge is 0.269 e. The lowest BCUT2D eigenvalue weighted by Gasteiger charge is -2.15. The topological polar surface area (TPSA) is 98.3 Å². The molecule has 0 spiro atoms. The third-order valence-electron chi connectivity index (χ3n) is 3.43. The van der Waals surface area contributed by atoms with E-state index in [2.05, 4.69) is 5.32 Å². The summed E-state index contributed by atoms with van der Waals surface area (Å²) in [6.45, 7) is 0. The van der Waals surface area contributed by atoms with Crippen LogP contribution in [0.15, 0.2) is 30.3 Å². The zero-order valence-corrected chi connectivity index (χ0v) is 11.0. The molecule has 1 aromatic rings. The number of benzene rings is 1. The van der Waals surface area contributed by atoms with Gasteiger partial charge >= 0.3 is 0 Å². The number of hydrogen-bond donors (Lipinski definition) is 2. The van der Waals surface area contributed by atoms with Gasteiger partial charge < -0.3 is 11.1 Å². The Balaban J connectivity index is 1.91. The van der Waals surface area contributed by atoms with Gasteiger partial charge in [-0.2, -0.15) is 0 Å². The van der Waals surface area contributed by atoms with Gasteiger partial charge in [0.25, 0.3) is 5.69 Å². The van der Waals surface area contributed by atoms with Crippen molar-refractivity contribution < 1.29 is 9.72 Å². The molecule has 3 N–H and O–H groups in total. The van der Waals surface area contributed by atoms with Crippen LogP contribution in [-0.2, 0) is 4.79 Å². The number of amides is 1. The minimum absolute atomic E-state index is 0.0310. The number of nitro groups is 1. The van der Waals surface area contributed by atoms with E-state index in [-0.39, 0.29) is 23.7 Å². The predicted molar refractivity (Wildman–Crippen MR) is 75.9 cm³/mol. The van der Waals surface area contributed by atoms with Crippen molar-refractivity contribution in [3.8, 4) is 0 Å². The Labute approximate surface area is 116 Å². The highest BCUT2D eigenvalue weighted by atomic mass is 16.6. The van der Waals surface area contributed by atoms with E-state index in [0.29, 0.717) is 0 Å². The molecule has 1 aliphatic carbocycles. The molecule has 2 unspecified atom stereocenters. The largest absolute Gasteiger partial charge is 0.348 e. The molecule has 1 saturated carbocycles. The summed E-state index contributed by atoms with van der Waals surface area (Å²) in [6.07, 6.45) is 5.94. The molecule has 0 heterocycles. The van der Waals surface area contributed by atoms with E-state index < -0.39 is 4.92 Å². The number of nitro benzene ring substituents is 1. The number of nitrogens with zero attached hydrogens (tertiary/aromatic N) is 1. The number of carbonyl (C=O) groups is 1. The first-order valence-corrected chi connectivity index (χ1v) is 6.55. The fourth-order valence-corrected chi connectivity index (χ4v) is 2.28. The minimum atomic E-state index is -0.457. The Bertz CT molecular complexity index is 525. The summed E-state index contributed by atoms with van der Waals surface area (Å²) < 4.78 is 0. The van der Waals surface area contributed by atoms with Gasteiger partial charge in [0.15, 0.2) is 0 Å². The van der Waals surface area contributed by atoms with E-state index in [1.54, 1.807) is 18.2 Å². The highest BCUT2D eigenvalue weighted by molar-refractivity contribution is 5.92. The van der Waals surface area contributed by atoms with Crippen LogP contribution >= 0.6 is 0 Å². The van der Waals surface area contributed by atoms with E-state index in [4.69, 9.17) is 5.73 Å². The van der Waals surface area contributed by atoms with Crippen molar-refractivity contribution in [2.24, 2.45) is 5.73 Å². The first-order chi connectivity index (χ1) is 9.56. The van der Waals surface area contributed by atoms with Crippen LogP contribution in [0.3, 0.4) is 0 Å². The summed E-state index contributed by atoms with van der Waals surface area (Å²) in [7, 11) is 0. The van der Waals surface area contributed by atoms with Crippen molar-refractivity contribution >= 4 is 17.7 Å². The molecule has 1 aromatic carbocycles. The van der Waals surface area contributed by atoms with E-state index in [0.717, 1.165) is 24.8 Å². The summed E-state index contributed by atoms with van der Waals surface area (Å²) in [6, 6.07) is 6.09. The molecule has 1 aliphatic rings. The molecular weight excluding hydrogens is 258 g/mol. The van der Waals surface area contributed by atoms with Gasteiger partial charge in [-0.3, -0.25) is 14.9 Å². The number of carbonyl (C=O) groups excluding carboxylic acids is 1. The Hall–Kier alpha value is -2.21. The van der Waals surface area contributed by atoms with Gasteiger partial charge in [-0.1, -0.05) is 0 Å². The number of rotatable bonds is 4. The SMILES string of the molecule is NC1CCCC1NC(=O)C=Cc1ccc([N+](=O)[O-])cc1. The Morgan fingerprint density at radius 3 is 2.60 bits per heavy atom. The molecular formula is C14H17N3O3. The average Bonchev–Trinajstić information content (AvgIpc) is 2.82. The minimum Gasteiger partial charge on any atom is -0.348 e. The number of nitrogens with one attached hydrogen (secondary N) is 1. The molecule has 6 heteroatoms. The average molecular weight is 275 g/mol. The van der Waals surface area contributed by atoms with Crippen molar-refractivity contribution in [2.75, 3.05) is 0 Å². The van der Waals surface area contributed by atoms with E-state index in [9.17, 15) is 14.9 Å². The van der Waals surface area contributed by atoms with Gasteiger partial charge in [0, 0.05) is 30.3 Å². The Kier molecular flexibility index (Phi) is 4.47. The van der Waals surface area contributed by atoms with E-state index in [1.165, 1.54) is 18.2 Å². The Morgan fingerprint density at radius 2 is 2.05 bits per heavy atom. The molecule has 1 fully saturated rings. The first-order valence-electron chi connectivity index (χ1n) is 6.55. The van der Waals surface area contributed by atoms with Crippen molar-refractivity contribution in [1.29, 1.82) is 0 Å². The maximum atomic E-state index is 11.7. The summed E-state index contributed by atoms with van der Waals surface area (Å²) in [5, 5.41) is 13.4. The summed E-state index contributed by atoms with van der Waals surface area (Å²) >= 11 is 0. The van der Waals surface area contributed by atoms with Gasteiger partial charge in [-0.15, -0.1) is 0 Å². The van der Waals surface area contributed by atoms with Crippen LogP contribution in [0.2, 0.25) is 0 Å². The zero-order chi connectivity index (χ0) is 14.5. The van der Waals surface area contributed by atoms with Gasteiger partial charge in [0.1, 0.15) is 0 Å². The third kappa shape index (κ3) is 3.64. The monoisotopic (exact) mass is 275 g/mol. The van der Waals surface area contributed by atoms with Gasteiger partial charge in [0.2, 0.25) is 5.91 Å². The highest BCUT2D eigenvalue weighted by Gasteiger charge is 2.24. The Morgan fingerprint density at radius 1 is 1.35 bits per heavy atom. The van der Waals surface area contributed by atoms with Gasteiger partial charge in [0.05, 0.1) is 4.92 Å². The molecule has 20 heavy (non-hydrogen) atoms. The molecule has 2 rings (SSSR count). The number of hydrogen-bond acceptors (Lipinski definition) is 4. The zero-order valence-electron chi connectivity index (χ0n) is 11.0. The molecule has 0 bridgehead atoms. The summed E-state index contributed by atoms with van der Waals surface area (Å²) in [4.78, 5) is 21.8. The predicted octanol–water partition coefficient (Wildman–Crippen LogP) is 1.60. The highest BCUT2D eigenvalue weighted by Crippen LogP contribution is 2.17. The van der Waals surface area contributed by atoms with Crippen molar-refractivity contribution in [2.45, 2.75) is 31.3 Å². The third-order valence-corrected chi connectivity index (χ3v) is 3.43. The molecule has 0 aliphatic heterocycles. The lowest BCUT2D eigenvalue weighted by molar-refractivity contribution is -0.384.